The van der Waals surface area contributed by atoms with Gasteiger partial charge in [-0.05, 0) is 56.1 Å². The zero-order chi connectivity index (χ0) is 22.3. The molecule has 0 unspecified atom stereocenters. The zero-order valence-electron chi connectivity index (χ0n) is 17.5. The van der Waals surface area contributed by atoms with E-state index >= 15 is 0 Å². The van der Waals surface area contributed by atoms with Gasteiger partial charge in [0.2, 0.25) is 15.9 Å². The van der Waals surface area contributed by atoms with Gasteiger partial charge in [0, 0.05) is 31.2 Å². The average Bonchev–Trinajstić information content (AvgIpc) is 2.79. The summed E-state index contributed by atoms with van der Waals surface area (Å²) in [5.41, 5.74) is 1.65. The molecule has 0 bridgehead atoms. The maximum absolute atomic E-state index is 12.5. The van der Waals surface area contributed by atoms with Crippen molar-refractivity contribution in [1.82, 2.24) is 14.9 Å². The summed E-state index contributed by atoms with van der Waals surface area (Å²) in [6.07, 6.45) is 2.34. The van der Waals surface area contributed by atoms with Gasteiger partial charge < -0.3 is 15.5 Å². The minimum absolute atomic E-state index is 0.0365. The Hall–Kier alpha value is -2.91. The molecule has 1 aliphatic heterocycles. The molecule has 31 heavy (non-hydrogen) atoms. The van der Waals surface area contributed by atoms with Gasteiger partial charge in [0.25, 0.3) is 0 Å². The maximum Gasteiger partial charge on any atom is 0.319 e. The van der Waals surface area contributed by atoms with Crippen molar-refractivity contribution in [2.75, 3.05) is 25.5 Å². The molecular formula is C22H28N4O4S. The van der Waals surface area contributed by atoms with Crippen LogP contribution in [0.2, 0.25) is 0 Å². The lowest BCUT2D eigenvalue weighted by Gasteiger charge is -2.32. The Balaban J connectivity index is 1.40. The molecule has 0 saturated carbocycles. The minimum Gasteiger partial charge on any atom is -0.343 e. The highest BCUT2D eigenvalue weighted by atomic mass is 32.2. The number of amides is 3. The van der Waals surface area contributed by atoms with Crippen LogP contribution in [0.5, 0.6) is 0 Å². The standard InChI is InChI=1S/C22H28N4O4S/c1-23-31(29,30)20-10-7-17(8-11-20)9-12-21(27)26-15-13-19(14-16-26)25-22(28)24-18-5-3-2-4-6-18/h2-8,10-11,19,23H,9,12-16H2,1H3,(H2,24,25,28). The molecule has 0 radical (unpaired) electrons. The summed E-state index contributed by atoms with van der Waals surface area (Å²) in [6, 6.07) is 15.6. The molecule has 3 N–H and O–H groups in total. The number of aryl methyl sites for hydroxylation is 1. The average molecular weight is 445 g/mol. The van der Waals surface area contributed by atoms with Gasteiger partial charge in [-0.1, -0.05) is 30.3 Å². The molecule has 1 aliphatic rings. The van der Waals surface area contributed by atoms with Crippen LogP contribution in [0.4, 0.5) is 10.5 Å². The third-order valence-corrected chi connectivity index (χ3v) is 6.77. The zero-order valence-corrected chi connectivity index (χ0v) is 18.3. The summed E-state index contributed by atoms with van der Waals surface area (Å²) in [5, 5.41) is 5.77. The SMILES string of the molecule is CNS(=O)(=O)c1ccc(CCC(=O)N2CCC(NC(=O)Nc3ccccc3)CC2)cc1. The summed E-state index contributed by atoms with van der Waals surface area (Å²) in [6.45, 7) is 1.21. The summed E-state index contributed by atoms with van der Waals surface area (Å²) in [4.78, 5) is 26.7. The fraction of sp³-hybridized carbons (Fsp3) is 0.364. The van der Waals surface area contributed by atoms with E-state index < -0.39 is 10.0 Å². The molecule has 1 heterocycles. The van der Waals surface area contributed by atoms with Crippen LogP contribution in [0.15, 0.2) is 59.5 Å². The van der Waals surface area contributed by atoms with Crippen molar-refractivity contribution in [3.05, 3.63) is 60.2 Å². The molecule has 0 aliphatic carbocycles. The van der Waals surface area contributed by atoms with Crippen LogP contribution >= 0.6 is 0 Å². The first-order valence-corrected chi connectivity index (χ1v) is 11.8. The molecule has 0 atom stereocenters. The lowest BCUT2D eigenvalue weighted by atomic mass is 10.0. The third kappa shape index (κ3) is 6.53. The van der Waals surface area contributed by atoms with Crippen LogP contribution in [0.25, 0.3) is 0 Å². The highest BCUT2D eigenvalue weighted by molar-refractivity contribution is 7.89. The van der Waals surface area contributed by atoms with Gasteiger partial charge in [-0.2, -0.15) is 0 Å². The molecule has 9 heteroatoms. The number of nitrogens with one attached hydrogen (secondary N) is 3. The van der Waals surface area contributed by atoms with Crippen LogP contribution < -0.4 is 15.4 Å². The molecule has 3 rings (SSSR count). The highest BCUT2D eigenvalue weighted by Gasteiger charge is 2.23. The molecule has 3 amide bonds. The Labute approximate surface area is 183 Å². The van der Waals surface area contributed by atoms with Crippen molar-refractivity contribution in [2.24, 2.45) is 0 Å². The Bertz CT molecular complexity index is 986. The number of hydrogen-bond donors (Lipinski definition) is 3. The largest absolute Gasteiger partial charge is 0.343 e. The van der Waals surface area contributed by atoms with Crippen molar-refractivity contribution in [3.63, 3.8) is 0 Å². The number of carbonyl (C=O) groups is 2. The lowest BCUT2D eigenvalue weighted by Crippen LogP contribution is -2.47. The number of urea groups is 1. The van der Waals surface area contributed by atoms with E-state index in [1.54, 1.807) is 24.3 Å². The van der Waals surface area contributed by atoms with Crippen LogP contribution in [0.3, 0.4) is 0 Å². The molecule has 0 aromatic heterocycles. The first kappa shape index (κ1) is 22.8. The Morgan fingerprint density at radius 2 is 1.65 bits per heavy atom. The van der Waals surface area contributed by atoms with Gasteiger partial charge >= 0.3 is 6.03 Å². The number of para-hydroxylation sites is 1. The van der Waals surface area contributed by atoms with Crippen LogP contribution in [-0.2, 0) is 21.2 Å². The number of nitrogens with zero attached hydrogens (tertiary/aromatic N) is 1. The Morgan fingerprint density at radius 3 is 2.26 bits per heavy atom. The molecule has 2 aromatic rings. The van der Waals surface area contributed by atoms with Crippen LogP contribution in [0, 0.1) is 0 Å². The molecule has 2 aromatic carbocycles. The second kappa shape index (κ2) is 10.4. The molecule has 166 valence electrons. The van der Waals surface area contributed by atoms with E-state index in [9.17, 15) is 18.0 Å². The Morgan fingerprint density at radius 1 is 1.00 bits per heavy atom. The van der Waals surface area contributed by atoms with E-state index in [1.165, 1.54) is 7.05 Å². The van der Waals surface area contributed by atoms with Gasteiger partial charge in [-0.3, -0.25) is 4.79 Å². The number of sulfonamides is 1. The van der Waals surface area contributed by atoms with Crippen molar-refractivity contribution in [2.45, 2.75) is 36.6 Å². The van der Waals surface area contributed by atoms with Gasteiger partial charge in [-0.25, -0.2) is 17.9 Å². The second-order valence-corrected chi connectivity index (χ2v) is 9.36. The summed E-state index contributed by atoms with van der Waals surface area (Å²) in [5.74, 6) is 0.0686. The smallest absolute Gasteiger partial charge is 0.319 e. The second-order valence-electron chi connectivity index (χ2n) is 7.47. The van der Waals surface area contributed by atoms with Gasteiger partial charge in [0.1, 0.15) is 0 Å². The van der Waals surface area contributed by atoms with Gasteiger partial charge in [-0.15, -0.1) is 0 Å². The van der Waals surface area contributed by atoms with Crippen molar-refractivity contribution < 1.29 is 18.0 Å². The quantitative estimate of drug-likeness (QED) is 0.609. The molecular weight excluding hydrogens is 416 g/mol. The number of hydrogen-bond acceptors (Lipinski definition) is 4. The summed E-state index contributed by atoms with van der Waals surface area (Å²) >= 11 is 0. The lowest BCUT2D eigenvalue weighted by molar-refractivity contribution is -0.132. The van der Waals surface area contributed by atoms with E-state index in [0.717, 1.165) is 11.3 Å². The van der Waals surface area contributed by atoms with Crippen molar-refractivity contribution in [1.29, 1.82) is 0 Å². The minimum atomic E-state index is -3.45. The molecule has 0 spiro atoms. The number of anilines is 1. The van der Waals surface area contributed by atoms with Crippen molar-refractivity contribution >= 4 is 27.6 Å². The van der Waals surface area contributed by atoms with Gasteiger partial charge in [0.05, 0.1) is 4.90 Å². The number of carbonyl (C=O) groups excluding carboxylic acids is 2. The number of likely N-dealkylation sites (tertiary alicyclic amines) is 1. The monoisotopic (exact) mass is 444 g/mol. The van der Waals surface area contributed by atoms with Gasteiger partial charge in [0.15, 0.2) is 0 Å². The summed E-state index contributed by atoms with van der Waals surface area (Å²) in [7, 11) is -2.08. The highest BCUT2D eigenvalue weighted by Crippen LogP contribution is 2.15. The maximum atomic E-state index is 12.5. The topological polar surface area (TPSA) is 108 Å². The molecule has 1 fully saturated rings. The molecule has 1 saturated heterocycles. The van der Waals surface area contributed by atoms with E-state index in [1.807, 2.05) is 35.2 Å². The van der Waals surface area contributed by atoms with Crippen molar-refractivity contribution in [3.8, 4) is 0 Å². The van der Waals surface area contributed by atoms with E-state index in [2.05, 4.69) is 15.4 Å². The third-order valence-electron chi connectivity index (χ3n) is 5.34. The van der Waals surface area contributed by atoms with Crippen LogP contribution in [0.1, 0.15) is 24.8 Å². The van der Waals surface area contributed by atoms with E-state index in [4.69, 9.17) is 0 Å². The molecule has 8 nitrogen and oxygen atoms in total. The normalized spacial score (nSPS) is 14.8. The number of piperidine rings is 1. The first-order valence-electron chi connectivity index (χ1n) is 10.3. The fourth-order valence-corrected chi connectivity index (χ4v) is 4.24. The summed E-state index contributed by atoms with van der Waals surface area (Å²) < 4.78 is 25.8. The van der Waals surface area contributed by atoms with Crippen LogP contribution in [-0.4, -0.2) is 51.4 Å². The number of rotatable bonds is 7. The predicted molar refractivity (Wildman–Crippen MR) is 119 cm³/mol. The predicted octanol–water partition coefficient (Wildman–Crippen LogP) is 2.34. The van der Waals surface area contributed by atoms with E-state index in [0.29, 0.717) is 38.8 Å². The van der Waals surface area contributed by atoms with E-state index in [-0.39, 0.29) is 22.9 Å². The first-order chi connectivity index (χ1) is 14.9. The number of benzene rings is 2. The fourth-order valence-electron chi connectivity index (χ4n) is 3.51. The Kier molecular flexibility index (Phi) is 7.64.